The number of hydrogen-bond acceptors (Lipinski definition) is 6. The van der Waals surface area contributed by atoms with E-state index in [0.717, 1.165) is 31.6 Å². The molecule has 1 saturated heterocycles. The van der Waals surface area contributed by atoms with Gasteiger partial charge in [0.25, 0.3) is 5.56 Å². The molecule has 26 heavy (non-hydrogen) atoms. The van der Waals surface area contributed by atoms with Crippen molar-refractivity contribution in [3.63, 3.8) is 0 Å². The lowest BCUT2D eigenvalue weighted by atomic mass is 9.92. The van der Waals surface area contributed by atoms with Gasteiger partial charge in [-0.3, -0.25) is 9.36 Å². The summed E-state index contributed by atoms with van der Waals surface area (Å²) >= 11 is 0. The molecule has 1 fully saturated rings. The minimum atomic E-state index is -0.111. The number of ether oxygens (including phenoxy) is 1. The monoisotopic (exact) mass is 357 g/mol. The van der Waals surface area contributed by atoms with Crippen LogP contribution in [0.1, 0.15) is 39.3 Å². The van der Waals surface area contributed by atoms with Gasteiger partial charge in [-0.15, -0.1) is 0 Å². The van der Waals surface area contributed by atoms with Crippen molar-refractivity contribution in [1.29, 1.82) is 0 Å². The van der Waals surface area contributed by atoms with E-state index in [1.807, 2.05) is 0 Å². The van der Waals surface area contributed by atoms with Crippen molar-refractivity contribution in [2.24, 2.45) is 5.92 Å². The van der Waals surface area contributed by atoms with Crippen molar-refractivity contribution in [2.75, 3.05) is 25.1 Å². The van der Waals surface area contributed by atoms with Crippen molar-refractivity contribution >= 4 is 5.95 Å². The van der Waals surface area contributed by atoms with Gasteiger partial charge in [-0.25, -0.2) is 9.97 Å². The average Bonchev–Trinajstić information content (AvgIpc) is 2.63. The molecular weight excluding hydrogens is 330 g/mol. The van der Waals surface area contributed by atoms with Crippen LogP contribution in [0.25, 0.3) is 0 Å². The molecule has 0 aromatic carbocycles. The van der Waals surface area contributed by atoms with Gasteiger partial charge in [-0.05, 0) is 18.8 Å². The van der Waals surface area contributed by atoms with Gasteiger partial charge in [0.15, 0.2) is 0 Å². The van der Waals surface area contributed by atoms with Crippen molar-refractivity contribution in [2.45, 2.75) is 45.6 Å². The predicted octanol–water partition coefficient (Wildman–Crippen LogP) is 2.26. The summed E-state index contributed by atoms with van der Waals surface area (Å²) in [6.07, 6.45) is 5.40. The first-order valence-electron chi connectivity index (χ1n) is 9.06. The fourth-order valence-corrected chi connectivity index (χ4v) is 3.17. The molecule has 3 rings (SSSR count). The molecule has 0 saturated carbocycles. The standard InChI is InChI=1S/C19H27N5O2/c1-19(2,3)15-11-17(25)24(13-21-15)12-14-6-9-23(10-7-14)18-20-8-5-16(22-18)26-4/h5,8,11,13-14H,6-7,9-10,12H2,1-4H3. The molecule has 140 valence electrons. The lowest BCUT2D eigenvalue weighted by molar-refractivity contribution is 0.346. The van der Waals surface area contributed by atoms with Gasteiger partial charge < -0.3 is 9.64 Å². The fourth-order valence-electron chi connectivity index (χ4n) is 3.17. The highest BCUT2D eigenvalue weighted by molar-refractivity contribution is 5.32. The van der Waals surface area contributed by atoms with Gasteiger partial charge in [0.05, 0.1) is 19.1 Å². The summed E-state index contributed by atoms with van der Waals surface area (Å²) in [5.74, 6) is 1.74. The van der Waals surface area contributed by atoms with Gasteiger partial charge in [0.1, 0.15) is 0 Å². The third-order valence-corrected chi connectivity index (χ3v) is 4.83. The predicted molar refractivity (Wildman–Crippen MR) is 101 cm³/mol. The minimum Gasteiger partial charge on any atom is -0.481 e. The second-order valence-corrected chi connectivity index (χ2v) is 7.84. The van der Waals surface area contributed by atoms with Crippen molar-refractivity contribution in [1.82, 2.24) is 19.5 Å². The largest absolute Gasteiger partial charge is 0.481 e. The summed E-state index contributed by atoms with van der Waals surface area (Å²) in [6.45, 7) is 8.66. The maximum absolute atomic E-state index is 12.4. The van der Waals surface area contributed by atoms with E-state index in [0.29, 0.717) is 24.3 Å². The summed E-state index contributed by atoms with van der Waals surface area (Å²) in [4.78, 5) is 27.8. The number of piperidine rings is 1. The number of anilines is 1. The third-order valence-electron chi connectivity index (χ3n) is 4.83. The van der Waals surface area contributed by atoms with E-state index in [2.05, 4.69) is 40.6 Å². The Kier molecular flexibility index (Phi) is 5.25. The van der Waals surface area contributed by atoms with Gasteiger partial charge in [0.2, 0.25) is 11.8 Å². The van der Waals surface area contributed by atoms with Crippen LogP contribution in [0.4, 0.5) is 5.95 Å². The molecule has 1 aliphatic heterocycles. The third kappa shape index (κ3) is 4.20. The van der Waals surface area contributed by atoms with Crippen LogP contribution in [0, 0.1) is 5.92 Å². The van der Waals surface area contributed by atoms with E-state index in [9.17, 15) is 4.79 Å². The summed E-state index contributed by atoms with van der Waals surface area (Å²) in [5.41, 5.74) is 0.757. The second kappa shape index (κ2) is 7.43. The van der Waals surface area contributed by atoms with Crippen LogP contribution in [0.5, 0.6) is 5.88 Å². The molecule has 1 aliphatic rings. The van der Waals surface area contributed by atoms with Gasteiger partial charge in [-0.1, -0.05) is 20.8 Å². The highest BCUT2D eigenvalue weighted by Crippen LogP contribution is 2.23. The Labute approximate surface area is 154 Å². The van der Waals surface area contributed by atoms with Crippen LogP contribution < -0.4 is 15.2 Å². The van der Waals surface area contributed by atoms with Crippen LogP contribution in [0.3, 0.4) is 0 Å². The van der Waals surface area contributed by atoms with Crippen LogP contribution in [-0.4, -0.2) is 39.7 Å². The molecule has 3 heterocycles. The lowest BCUT2D eigenvalue weighted by Crippen LogP contribution is -2.37. The molecule has 2 aromatic heterocycles. The maximum atomic E-state index is 12.4. The summed E-state index contributed by atoms with van der Waals surface area (Å²) < 4.78 is 6.90. The van der Waals surface area contributed by atoms with E-state index in [1.165, 1.54) is 0 Å². The zero-order valence-electron chi connectivity index (χ0n) is 16.0. The highest BCUT2D eigenvalue weighted by Gasteiger charge is 2.22. The van der Waals surface area contributed by atoms with Crippen LogP contribution >= 0.6 is 0 Å². The average molecular weight is 357 g/mol. The Morgan fingerprint density at radius 3 is 2.58 bits per heavy atom. The summed E-state index contributed by atoms with van der Waals surface area (Å²) in [6, 6.07) is 3.41. The molecule has 7 heteroatoms. The van der Waals surface area contributed by atoms with Gasteiger partial charge >= 0.3 is 0 Å². The Morgan fingerprint density at radius 2 is 1.96 bits per heavy atom. The number of methoxy groups -OCH3 is 1. The zero-order valence-corrected chi connectivity index (χ0v) is 16.0. The van der Waals surface area contributed by atoms with Crippen molar-refractivity contribution < 1.29 is 4.74 Å². The van der Waals surface area contributed by atoms with E-state index in [-0.39, 0.29) is 11.0 Å². The van der Waals surface area contributed by atoms with E-state index >= 15 is 0 Å². The van der Waals surface area contributed by atoms with Crippen molar-refractivity contribution in [3.8, 4) is 5.88 Å². The highest BCUT2D eigenvalue weighted by atomic mass is 16.5. The zero-order chi connectivity index (χ0) is 18.7. The second-order valence-electron chi connectivity index (χ2n) is 7.84. The maximum Gasteiger partial charge on any atom is 0.253 e. The van der Waals surface area contributed by atoms with Crippen LogP contribution in [0.15, 0.2) is 29.5 Å². The molecule has 0 bridgehead atoms. The van der Waals surface area contributed by atoms with Crippen LogP contribution in [-0.2, 0) is 12.0 Å². The first-order chi connectivity index (χ1) is 12.4. The van der Waals surface area contributed by atoms with E-state index < -0.39 is 0 Å². The first kappa shape index (κ1) is 18.4. The molecule has 7 nitrogen and oxygen atoms in total. The Bertz CT molecular complexity index is 804. The summed E-state index contributed by atoms with van der Waals surface area (Å²) in [5, 5.41) is 0. The first-order valence-corrected chi connectivity index (χ1v) is 9.06. The Morgan fingerprint density at radius 1 is 1.23 bits per heavy atom. The SMILES string of the molecule is COc1ccnc(N2CCC(Cn3cnc(C(C)(C)C)cc3=O)CC2)n1. The number of hydrogen-bond donors (Lipinski definition) is 0. The molecule has 0 amide bonds. The minimum absolute atomic E-state index is 0.0310. The fraction of sp³-hybridized carbons (Fsp3) is 0.579. The van der Waals surface area contributed by atoms with E-state index in [4.69, 9.17) is 4.74 Å². The molecule has 0 spiro atoms. The van der Waals surface area contributed by atoms with Crippen LogP contribution in [0.2, 0.25) is 0 Å². The van der Waals surface area contributed by atoms with Gasteiger partial charge in [0, 0.05) is 43.4 Å². The lowest BCUT2D eigenvalue weighted by Gasteiger charge is -2.32. The number of rotatable bonds is 4. The van der Waals surface area contributed by atoms with Gasteiger partial charge in [-0.2, -0.15) is 4.98 Å². The molecule has 0 radical (unpaired) electrons. The Balaban J connectivity index is 1.61. The summed E-state index contributed by atoms with van der Waals surface area (Å²) in [7, 11) is 1.61. The topological polar surface area (TPSA) is 73.1 Å². The molecular formula is C19H27N5O2. The normalized spacial score (nSPS) is 15.9. The smallest absolute Gasteiger partial charge is 0.253 e. The molecule has 0 atom stereocenters. The molecule has 0 N–H and O–H groups in total. The number of aromatic nitrogens is 4. The van der Waals surface area contributed by atoms with E-state index in [1.54, 1.807) is 36.3 Å². The molecule has 0 aliphatic carbocycles. The molecule has 2 aromatic rings. The quantitative estimate of drug-likeness (QED) is 0.836. The molecule has 0 unspecified atom stereocenters. The van der Waals surface area contributed by atoms with Crippen molar-refractivity contribution in [3.05, 3.63) is 40.7 Å². The Hall–Kier alpha value is -2.44. The number of nitrogens with zero attached hydrogens (tertiary/aromatic N) is 5.